The number of carbonyl (C=O) groups is 1. The molecule has 7 heteroatoms. The van der Waals surface area contributed by atoms with E-state index in [1.165, 1.54) is 19.2 Å². The summed E-state index contributed by atoms with van der Waals surface area (Å²) in [6.07, 6.45) is 0.937. The van der Waals surface area contributed by atoms with E-state index in [9.17, 15) is 14.3 Å². The van der Waals surface area contributed by atoms with Gasteiger partial charge in [0.05, 0.1) is 19.2 Å². The lowest BCUT2D eigenvalue weighted by molar-refractivity contribution is -0.139. The Labute approximate surface area is 180 Å². The Bertz CT molecular complexity index is 1070. The van der Waals surface area contributed by atoms with E-state index in [1.54, 1.807) is 6.07 Å². The predicted molar refractivity (Wildman–Crippen MR) is 116 cm³/mol. The average molecular weight is 424 g/mol. The van der Waals surface area contributed by atoms with Gasteiger partial charge in [-0.05, 0) is 49.2 Å². The fourth-order valence-electron chi connectivity index (χ4n) is 3.91. The number of carbonyl (C=O) groups excluding carboxylic acids is 1. The molecule has 2 aromatic rings. The minimum Gasteiger partial charge on any atom is -0.483 e. The quantitative estimate of drug-likeness (QED) is 0.639. The molecule has 162 valence electrons. The fraction of sp³-hybridized carbons (Fsp3) is 0.292. The minimum absolute atomic E-state index is 0.152. The van der Waals surface area contributed by atoms with E-state index in [2.05, 4.69) is 15.4 Å². The van der Waals surface area contributed by atoms with Gasteiger partial charge in [0.25, 0.3) is 0 Å². The second-order valence-electron chi connectivity index (χ2n) is 8.06. The molecule has 0 spiro atoms. The maximum Gasteiger partial charge on any atom is 0.319 e. The van der Waals surface area contributed by atoms with Gasteiger partial charge in [-0.2, -0.15) is 0 Å². The topological polar surface area (TPSA) is 79.8 Å². The molecule has 4 rings (SSSR count). The average Bonchev–Trinajstić information content (AvgIpc) is 3.22. The Morgan fingerprint density at radius 1 is 1.26 bits per heavy atom. The van der Waals surface area contributed by atoms with Crippen LogP contribution in [0.5, 0.6) is 0 Å². The van der Waals surface area contributed by atoms with Crippen LogP contribution >= 0.6 is 0 Å². The Hall–Kier alpha value is -3.16. The molecule has 0 aliphatic carbocycles. The maximum atomic E-state index is 13.8. The lowest BCUT2D eigenvalue weighted by atomic mass is 9.91. The predicted octanol–water partition coefficient (Wildman–Crippen LogP) is 3.44. The van der Waals surface area contributed by atoms with Gasteiger partial charge in [-0.25, -0.2) is 4.39 Å². The number of ether oxygens (including phenoxy) is 2. The first-order valence-corrected chi connectivity index (χ1v) is 10.1. The zero-order valence-corrected chi connectivity index (χ0v) is 17.7. The van der Waals surface area contributed by atoms with Crippen LogP contribution in [0.3, 0.4) is 0 Å². The molecule has 31 heavy (non-hydrogen) atoms. The number of allylic oxidation sites excluding steroid dienone is 1. The second kappa shape index (κ2) is 8.17. The third-order valence-electron chi connectivity index (χ3n) is 5.48. The van der Waals surface area contributed by atoms with Gasteiger partial charge in [-0.1, -0.05) is 24.3 Å². The van der Waals surface area contributed by atoms with Gasteiger partial charge in [-0.3, -0.25) is 4.79 Å². The minimum atomic E-state index is -0.971. The Morgan fingerprint density at radius 3 is 2.71 bits per heavy atom. The van der Waals surface area contributed by atoms with Crippen molar-refractivity contribution in [1.82, 2.24) is 5.32 Å². The van der Waals surface area contributed by atoms with Crippen LogP contribution in [0.25, 0.3) is 11.1 Å². The maximum absolute atomic E-state index is 13.8. The molecule has 0 fully saturated rings. The van der Waals surface area contributed by atoms with Crippen molar-refractivity contribution < 1.29 is 23.8 Å². The highest BCUT2D eigenvalue weighted by atomic mass is 19.1. The Kier molecular flexibility index (Phi) is 5.56. The summed E-state index contributed by atoms with van der Waals surface area (Å²) in [5, 5.41) is 16.5. The largest absolute Gasteiger partial charge is 0.483 e. The van der Waals surface area contributed by atoms with Crippen LogP contribution in [0.4, 0.5) is 10.1 Å². The van der Waals surface area contributed by atoms with Crippen LogP contribution in [-0.4, -0.2) is 36.6 Å². The number of nitrogens with one attached hydrogen (secondary N) is 2. The molecule has 3 N–H and O–H groups in total. The lowest BCUT2D eigenvalue weighted by Crippen LogP contribution is -2.23. The van der Waals surface area contributed by atoms with Gasteiger partial charge in [0.15, 0.2) is 6.23 Å². The molecular formula is C24H25FN2O4. The standard InChI is InChI=1S/C24H25FN2O4/c1-24(2)18(15-6-4-14(5-7-15)12-26-13-21(28)30-3)11-20(31-24)22-17-10-16(25)8-9-19(17)27-23(22)29/h4-11,23,26-27,29H,12-13H2,1-3H3/b22-20+. The van der Waals surface area contributed by atoms with Crippen LogP contribution in [0, 0.1) is 5.82 Å². The first kappa shape index (κ1) is 21.1. The zero-order valence-electron chi connectivity index (χ0n) is 17.7. The summed E-state index contributed by atoms with van der Waals surface area (Å²) in [7, 11) is 1.36. The molecule has 0 saturated carbocycles. The molecule has 2 aromatic carbocycles. The summed E-state index contributed by atoms with van der Waals surface area (Å²) in [6, 6.07) is 12.3. The third kappa shape index (κ3) is 4.19. The van der Waals surface area contributed by atoms with Gasteiger partial charge in [0.2, 0.25) is 0 Å². The first-order chi connectivity index (χ1) is 14.8. The number of methoxy groups -OCH3 is 1. The highest BCUT2D eigenvalue weighted by molar-refractivity contribution is 5.90. The number of halogens is 1. The smallest absolute Gasteiger partial charge is 0.319 e. The molecule has 2 aliphatic rings. The van der Waals surface area contributed by atoms with E-state index in [-0.39, 0.29) is 18.3 Å². The lowest BCUT2D eigenvalue weighted by Gasteiger charge is -2.24. The van der Waals surface area contributed by atoms with Crippen molar-refractivity contribution in [2.75, 3.05) is 19.0 Å². The number of rotatable bonds is 5. The fourth-order valence-corrected chi connectivity index (χ4v) is 3.91. The second-order valence-corrected chi connectivity index (χ2v) is 8.06. The SMILES string of the molecule is COC(=O)CNCc1ccc(C2=C/C(=C3/c4cc(F)ccc4NC3O)OC2(C)C)cc1. The number of hydrogen-bond acceptors (Lipinski definition) is 6. The van der Waals surface area contributed by atoms with Gasteiger partial charge >= 0.3 is 5.97 Å². The number of aliphatic hydroxyl groups excluding tert-OH is 1. The number of esters is 1. The highest BCUT2D eigenvalue weighted by Crippen LogP contribution is 2.45. The summed E-state index contributed by atoms with van der Waals surface area (Å²) in [5.74, 6) is -0.156. The summed E-state index contributed by atoms with van der Waals surface area (Å²) < 4.78 is 24.6. The van der Waals surface area contributed by atoms with Gasteiger partial charge < -0.3 is 25.2 Å². The van der Waals surface area contributed by atoms with E-state index in [4.69, 9.17) is 4.74 Å². The zero-order chi connectivity index (χ0) is 22.2. The van der Waals surface area contributed by atoms with E-state index in [0.29, 0.717) is 29.1 Å². The van der Waals surface area contributed by atoms with Crippen molar-refractivity contribution in [3.8, 4) is 0 Å². The van der Waals surface area contributed by atoms with E-state index < -0.39 is 11.8 Å². The van der Waals surface area contributed by atoms with Crippen molar-refractivity contribution in [3.63, 3.8) is 0 Å². The monoisotopic (exact) mass is 424 g/mol. The van der Waals surface area contributed by atoms with Crippen molar-refractivity contribution in [2.24, 2.45) is 0 Å². The Balaban J connectivity index is 1.61. The van der Waals surface area contributed by atoms with E-state index in [1.807, 2.05) is 44.2 Å². The van der Waals surface area contributed by atoms with Gasteiger partial charge in [-0.15, -0.1) is 0 Å². The molecule has 6 nitrogen and oxygen atoms in total. The number of aliphatic hydroxyl groups is 1. The summed E-state index contributed by atoms with van der Waals surface area (Å²) in [6.45, 7) is 4.61. The number of hydrogen-bond donors (Lipinski definition) is 3. The molecule has 0 saturated heterocycles. The molecule has 2 aliphatic heterocycles. The van der Waals surface area contributed by atoms with Crippen molar-refractivity contribution in [2.45, 2.75) is 32.2 Å². The van der Waals surface area contributed by atoms with Crippen LogP contribution in [0.15, 0.2) is 54.3 Å². The molecule has 2 heterocycles. The van der Waals surface area contributed by atoms with Gasteiger partial charge in [0.1, 0.15) is 17.2 Å². The molecule has 0 amide bonds. The highest BCUT2D eigenvalue weighted by Gasteiger charge is 2.37. The van der Waals surface area contributed by atoms with Crippen molar-refractivity contribution in [1.29, 1.82) is 0 Å². The van der Waals surface area contributed by atoms with Crippen LogP contribution in [0.1, 0.15) is 30.5 Å². The molecule has 0 aromatic heterocycles. The summed E-state index contributed by atoms with van der Waals surface area (Å²) in [4.78, 5) is 11.2. The van der Waals surface area contributed by atoms with Crippen LogP contribution in [-0.2, 0) is 20.8 Å². The number of benzene rings is 2. The van der Waals surface area contributed by atoms with E-state index >= 15 is 0 Å². The van der Waals surface area contributed by atoms with E-state index in [0.717, 1.165) is 16.7 Å². The molecule has 0 radical (unpaired) electrons. The van der Waals surface area contributed by atoms with Crippen molar-refractivity contribution in [3.05, 3.63) is 76.8 Å². The van der Waals surface area contributed by atoms with Crippen molar-refractivity contribution >= 4 is 22.8 Å². The molecule has 1 unspecified atom stereocenters. The van der Waals surface area contributed by atoms with Crippen LogP contribution in [0.2, 0.25) is 0 Å². The third-order valence-corrected chi connectivity index (χ3v) is 5.48. The van der Waals surface area contributed by atoms with Gasteiger partial charge in [0, 0.05) is 23.4 Å². The van der Waals surface area contributed by atoms with Crippen LogP contribution < -0.4 is 10.6 Å². The summed E-state index contributed by atoms with van der Waals surface area (Å²) >= 11 is 0. The molecular weight excluding hydrogens is 399 g/mol. The number of anilines is 1. The molecule has 0 bridgehead atoms. The normalized spacial score (nSPS) is 21.2. The Morgan fingerprint density at radius 2 is 2.00 bits per heavy atom. The first-order valence-electron chi connectivity index (χ1n) is 10.1. The molecule has 1 atom stereocenters. The summed E-state index contributed by atoms with van der Waals surface area (Å²) in [5.41, 5.74) is 4.15. The number of fused-ring (bicyclic) bond motifs is 1.